The third kappa shape index (κ3) is 6.68. The van der Waals surface area contributed by atoms with Crippen LogP contribution in [0.5, 0.6) is 5.88 Å². The second kappa shape index (κ2) is 11.3. The molecule has 1 aromatic heterocycles. The van der Waals surface area contributed by atoms with Gasteiger partial charge in [-0.25, -0.2) is 4.98 Å². The van der Waals surface area contributed by atoms with Gasteiger partial charge in [-0.3, -0.25) is 4.79 Å². The van der Waals surface area contributed by atoms with Crippen LogP contribution in [0.25, 0.3) is 0 Å². The first-order valence-electron chi connectivity index (χ1n) is 11.1. The van der Waals surface area contributed by atoms with Crippen LogP contribution >= 0.6 is 0 Å². The van der Waals surface area contributed by atoms with Gasteiger partial charge in [0.25, 0.3) is 5.91 Å². The average molecular weight is 417 g/mol. The Labute approximate surface area is 185 Å². The van der Waals surface area contributed by atoms with Gasteiger partial charge in [-0.05, 0) is 47.6 Å². The number of aryl methyl sites for hydroxylation is 1. The summed E-state index contributed by atoms with van der Waals surface area (Å²) in [7, 11) is 0. The van der Waals surface area contributed by atoms with Crippen LogP contribution in [0, 0.1) is 5.92 Å². The van der Waals surface area contributed by atoms with Crippen molar-refractivity contribution in [1.82, 2.24) is 10.3 Å². The van der Waals surface area contributed by atoms with E-state index in [0.717, 1.165) is 41.5 Å². The van der Waals surface area contributed by atoms with E-state index in [2.05, 4.69) is 49.3 Å². The predicted octanol–water partition coefficient (Wildman–Crippen LogP) is 6.13. The fourth-order valence-corrected chi connectivity index (χ4v) is 3.67. The molecule has 0 saturated carbocycles. The van der Waals surface area contributed by atoms with Crippen LogP contribution < -0.4 is 10.1 Å². The molecule has 0 saturated heterocycles. The summed E-state index contributed by atoms with van der Waals surface area (Å²) < 4.78 is 5.79. The largest absolute Gasteiger partial charge is 0.473 e. The minimum Gasteiger partial charge on any atom is -0.473 e. The van der Waals surface area contributed by atoms with Crippen molar-refractivity contribution < 1.29 is 9.53 Å². The fraction of sp³-hybridized carbons (Fsp3) is 0.333. The third-order valence-corrected chi connectivity index (χ3v) is 5.18. The van der Waals surface area contributed by atoms with Crippen molar-refractivity contribution in [2.24, 2.45) is 5.92 Å². The van der Waals surface area contributed by atoms with Gasteiger partial charge in [0.1, 0.15) is 6.61 Å². The Morgan fingerprint density at radius 3 is 2.48 bits per heavy atom. The molecule has 1 heterocycles. The maximum atomic E-state index is 13.4. The van der Waals surface area contributed by atoms with E-state index in [1.165, 1.54) is 0 Å². The minimum absolute atomic E-state index is 0.0170. The maximum Gasteiger partial charge on any atom is 0.252 e. The first kappa shape index (κ1) is 22.5. The number of hydrogen-bond acceptors (Lipinski definition) is 3. The molecule has 2 aromatic carbocycles. The van der Waals surface area contributed by atoms with Gasteiger partial charge in [0.2, 0.25) is 5.88 Å². The van der Waals surface area contributed by atoms with Gasteiger partial charge in [-0.2, -0.15) is 0 Å². The Hall–Kier alpha value is -3.14. The molecular weight excluding hydrogens is 384 g/mol. The molecule has 0 bridgehead atoms. The number of pyridine rings is 1. The van der Waals surface area contributed by atoms with Crippen LogP contribution in [0.1, 0.15) is 66.7 Å². The van der Waals surface area contributed by atoms with Crippen LogP contribution in [-0.4, -0.2) is 10.9 Å². The summed E-state index contributed by atoms with van der Waals surface area (Å²) >= 11 is 0. The summed E-state index contributed by atoms with van der Waals surface area (Å²) in [5.74, 6) is 1.02. The van der Waals surface area contributed by atoms with Crippen LogP contribution in [0.3, 0.4) is 0 Å². The summed E-state index contributed by atoms with van der Waals surface area (Å²) in [6.07, 6.45) is 4.45. The summed E-state index contributed by atoms with van der Waals surface area (Å²) in [4.78, 5) is 17.6. The van der Waals surface area contributed by atoms with E-state index in [9.17, 15) is 4.79 Å². The molecular formula is C27H32N2O2. The molecule has 31 heavy (non-hydrogen) atoms. The lowest BCUT2D eigenvalue weighted by atomic mass is 9.95. The number of carbonyl (C=O) groups is 1. The lowest BCUT2D eigenvalue weighted by Gasteiger charge is -2.22. The molecule has 0 aliphatic heterocycles. The molecule has 0 radical (unpaired) electrons. The lowest BCUT2D eigenvalue weighted by Crippen LogP contribution is -2.30. The molecule has 1 atom stereocenters. The van der Waals surface area contributed by atoms with Gasteiger partial charge >= 0.3 is 0 Å². The van der Waals surface area contributed by atoms with Crippen molar-refractivity contribution in [2.75, 3.05) is 0 Å². The zero-order chi connectivity index (χ0) is 22.1. The molecule has 3 rings (SSSR count). The SMILES string of the molecule is CCCc1ccc(COc2ccccn2)cc1C(=O)NC(CC(C)C)c1ccccc1. The number of ether oxygens (including phenoxy) is 1. The lowest BCUT2D eigenvalue weighted by molar-refractivity contribution is 0.0931. The maximum absolute atomic E-state index is 13.4. The number of aromatic nitrogens is 1. The van der Waals surface area contributed by atoms with E-state index in [-0.39, 0.29) is 11.9 Å². The van der Waals surface area contributed by atoms with Crippen molar-refractivity contribution in [3.63, 3.8) is 0 Å². The summed E-state index contributed by atoms with van der Waals surface area (Å²) in [5, 5.41) is 3.29. The molecule has 3 aromatic rings. The van der Waals surface area contributed by atoms with Crippen molar-refractivity contribution in [3.8, 4) is 5.88 Å². The number of nitrogens with one attached hydrogen (secondary N) is 1. The van der Waals surface area contributed by atoms with Crippen LogP contribution in [0.2, 0.25) is 0 Å². The summed E-state index contributed by atoms with van der Waals surface area (Å²) in [6.45, 7) is 6.86. The Bertz CT molecular complexity index is 955. The van der Waals surface area contributed by atoms with E-state index in [4.69, 9.17) is 4.74 Å². The van der Waals surface area contributed by atoms with Crippen molar-refractivity contribution in [3.05, 3.63) is 95.2 Å². The van der Waals surface area contributed by atoms with Gasteiger partial charge in [-0.15, -0.1) is 0 Å². The van der Waals surface area contributed by atoms with Crippen LogP contribution in [0.4, 0.5) is 0 Å². The number of amides is 1. The third-order valence-electron chi connectivity index (χ3n) is 5.18. The van der Waals surface area contributed by atoms with Crippen LogP contribution in [0.15, 0.2) is 72.9 Å². The second-order valence-corrected chi connectivity index (χ2v) is 8.26. The molecule has 0 fully saturated rings. The monoisotopic (exact) mass is 416 g/mol. The molecule has 1 unspecified atom stereocenters. The highest BCUT2D eigenvalue weighted by Gasteiger charge is 2.19. The van der Waals surface area contributed by atoms with Crippen molar-refractivity contribution in [2.45, 2.75) is 52.7 Å². The highest BCUT2D eigenvalue weighted by atomic mass is 16.5. The topological polar surface area (TPSA) is 51.2 Å². The van der Waals surface area contributed by atoms with Crippen molar-refractivity contribution in [1.29, 1.82) is 0 Å². The Morgan fingerprint density at radius 1 is 1.03 bits per heavy atom. The molecule has 162 valence electrons. The second-order valence-electron chi connectivity index (χ2n) is 8.26. The normalized spacial score (nSPS) is 11.9. The van der Waals surface area contributed by atoms with Gasteiger partial charge in [-0.1, -0.05) is 75.7 Å². The number of hydrogen-bond donors (Lipinski definition) is 1. The zero-order valence-corrected chi connectivity index (χ0v) is 18.7. The smallest absolute Gasteiger partial charge is 0.252 e. The molecule has 0 spiro atoms. The highest BCUT2D eigenvalue weighted by molar-refractivity contribution is 5.96. The zero-order valence-electron chi connectivity index (χ0n) is 18.7. The fourth-order valence-electron chi connectivity index (χ4n) is 3.67. The molecule has 0 aliphatic rings. The first-order chi connectivity index (χ1) is 15.1. The minimum atomic E-state index is -0.0300. The van der Waals surface area contributed by atoms with E-state index < -0.39 is 0 Å². The van der Waals surface area contributed by atoms with E-state index in [1.54, 1.807) is 6.20 Å². The number of benzene rings is 2. The first-order valence-corrected chi connectivity index (χ1v) is 11.1. The molecule has 4 nitrogen and oxygen atoms in total. The quantitative estimate of drug-likeness (QED) is 0.432. The van der Waals surface area contributed by atoms with Crippen LogP contribution in [-0.2, 0) is 13.0 Å². The van der Waals surface area contributed by atoms with E-state index in [0.29, 0.717) is 18.4 Å². The van der Waals surface area contributed by atoms with Crippen molar-refractivity contribution >= 4 is 5.91 Å². The highest BCUT2D eigenvalue weighted by Crippen LogP contribution is 2.23. The van der Waals surface area contributed by atoms with Gasteiger partial charge in [0, 0.05) is 17.8 Å². The Balaban J connectivity index is 1.81. The Morgan fingerprint density at radius 2 is 1.81 bits per heavy atom. The van der Waals surface area contributed by atoms with Gasteiger partial charge < -0.3 is 10.1 Å². The molecule has 1 N–H and O–H groups in total. The summed E-state index contributed by atoms with van der Waals surface area (Å²) in [5.41, 5.74) is 3.89. The Kier molecular flexibility index (Phi) is 8.22. The molecule has 0 aliphatic carbocycles. The number of carbonyl (C=O) groups excluding carboxylic acids is 1. The number of nitrogens with zero attached hydrogens (tertiary/aromatic N) is 1. The predicted molar refractivity (Wildman–Crippen MR) is 125 cm³/mol. The standard InChI is InChI=1S/C27H32N2O2/c1-4-10-22-15-14-21(19-31-26-13-8-9-16-28-26)18-24(22)27(30)29-25(17-20(2)3)23-11-6-5-7-12-23/h5-9,11-16,18,20,25H,4,10,17,19H2,1-3H3,(H,29,30). The molecule has 1 amide bonds. The van der Waals surface area contributed by atoms with Gasteiger partial charge in [0.05, 0.1) is 6.04 Å². The average Bonchev–Trinajstić information content (AvgIpc) is 2.79. The van der Waals surface area contributed by atoms with E-state index >= 15 is 0 Å². The van der Waals surface area contributed by atoms with E-state index in [1.807, 2.05) is 48.5 Å². The molecule has 4 heteroatoms. The summed E-state index contributed by atoms with van der Waals surface area (Å²) in [6, 6.07) is 21.8. The number of rotatable bonds is 10. The van der Waals surface area contributed by atoms with Gasteiger partial charge in [0.15, 0.2) is 0 Å².